The molecule has 0 radical (unpaired) electrons. The van der Waals surface area contributed by atoms with Crippen molar-refractivity contribution in [2.45, 2.75) is 37.6 Å². The van der Waals surface area contributed by atoms with Gasteiger partial charge in [0.05, 0.1) is 10.4 Å². The van der Waals surface area contributed by atoms with Gasteiger partial charge in [0.1, 0.15) is 0 Å². The highest BCUT2D eigenvalue weighted by atomic mass is 35.5. The fourth-order valence-electron chi connectivity index (χ4n) is 2.12. The third kappa shape index (κ3) is 2.92. The maximum Gasteiger partial charge on any atom is 0.227 e. The number of nitrogens with two attached hydrogens (primary N) is 1. The standard InChI is InChI=1S/C13H15N3O2S.ClH/c14-13(6-2-7-13)12-15-11(18-16-12)5-4-9(17)10-3-1-8-19-10;/h1,3,8H,2,4-7,14H2;1H. The Morgan fingerprint density at radius 1 is 1.50 bits per heavy atom. The lowest BCUT2D eigenvalue weighted by molar-refractivity contribution is 0.0983. The van der Waals surface area contributed by atoms with Gasteiger partial charge in [-0.15, -0.1) is 23.7 Å². The number of aromatic nitrogens is 2. The highest BCUT2D eigenvalue weighted by Gasteiger charge is 2.38. The van der Waals surface area contributed by atoms with E-state index >= 15 is 0 Å². The van der Waals surface area contributed by atoms with E-state index in [0.29, 0.717) is 24.6 Å². The molecule has 3 rings (SSSR count). The maximum atomic E-state index is 11.8. The summed E-state index contributed by atoms with van der Waals surface area (Å²) in [5.74, 6) is 1.19. The highest BCUT2D eigenvalue weighted by molar-refractivity contribution is 7.12. The second-order valence-electron chi connectivity index (χ2n) is 4.92. The van der Waals surface area contributed by atoms with Crippen LogP contribution in [0.5, 0.6) is 0 Å². The van der Waals surface area contributed by atoms with E-state index in [1.165, 1.54) is 11.3 Å². The molecule has 0 aromatic carbocycles. The minimum atomic E-state index is -0.403. The van der Waals surface area contributed by atoms with Crippen LogP contribution in [0.4, 0.5) is 0 Å². The van der Waals surface area contributed by atoms with Gasteiger partial charge in [0.25, 0.3) is 0 Å². The monoisotopic (exact) mass is 313 g/mol. The number of ketones is 1. The van der Waals surface area contributed by atoms with E-state index in [-0.39, 0.29) is 18.2 Å². The number of halogens is 1. The number of hydrogen-bond acceptors (Lipinski definition) is 6. The number of hydrogen-bond donors (Lipinski definition) is 1. The Kier molecular flexibility index (Phi) is 4.57. The molecule has 2 aromatic rings. The average Bonchev–Trinajstić information content (AvgIpc) is 3.04. The van der Waals surface area contributed by atoms with Crippen molar-refractivity contribution >= 4 is 29.5 Å². The number of Topliss-reactive ketones (excluding diaryl/α,β-unsaturated/α-hetero) is 1. The number of carbonyl (C=O) groups is 1. The molecule has 0 spiro atoms. The molecule has 1 aliphatic carbocycles. The van der Waals surface area contributed by atoms with Gasteiger partial charge in [0, 0.05) is 12.8 Å². The Morgan fingerprint density at radius 3 is 2.90 bits per heavy atom. The predicted molar refractivity (Wildman–Crippen MR) is 78.2 cm³/mol. The van der Waals surface area contributed by atoms with Gasteiger partial charge >= 0.3 is 0 Å². The first-order chi connectivity index (χ1) is 9.17. The van der Waals surface area contributed by atoms with E-state index < -0.39 is 5.54 Å². The van der Waals surface area contributed by atoms with Crippen molar-refractivity contribution < 1.29 is 9.32 Å². The molecular weight excluding hydrogens is 298 g/mol. The van der Waals surface area contributed by atoms with Crippen molar-refractivity contribution in [3.8, 4) is 0 Å². The highest BCUT2D eigenvalue weighted by Crippen LogP contribution is 2.36. The second-order valence-corrected chi connectivity index (χ2v) is 5.87. The molecule has 2 aromatic heterocycles. The third-order valence-corrected chi connectivity index (χ3v) is 4.43. The van der Waals surface area contributed by atoms with Gasteiger partial charge in [-0.05, 0) is 30.7 Å². The fourth-order valence-corrected chi connectivity index (χ4v) is 2.82. The van der Waals surface area contributed by atoms with Crippen molar-refractivity contribution in [1.29, 1.82) is 0 Å². The zero-order valence-corrected chi connectivity index (χ0v) is 12.5. The summed E-state index contributed by atoms with van der Waals surface area (Å²) in [5.41, 5.74) is 5.72. The van der Waals surface area contributed by atoms with E-state index in [1.54, 1.807) is 0 Å². The molecular formula is C13H16ClN3O2S. The van der Waals surface area contributed by atoms with Crippen LogP contribution in [-0.4, -0.2) is 15.9 Å². The Bertz CT molecular complexity index is 578. The lowest BCUT2D eigenvalue weighted by Gasteiger charge is -2.34. The van der Waals surface area contributed by atoms with Crippen LogP contribution in [-0.2, 0) is 12.0 Å². The summed E-state index contributed by atoms with van der Waals surface area (Å²) >= 11 is 1.45. The minimum absolute atomic E-state index is 0. The molecule has 0 bridgehead atoms. The summed E-state index contributed by atoms with van der Waals surface area (Å²) in [4.78, 5) is 16.9. The Balaban J connectivity index is 0.00000147. The summed E-state index contributed by atoms with van der Waals surface area (Å²) in [6.07, 6.45) is 3.77. The van der Waals surface area contributed by atoms with Crippen LogP contribution in [0.3, 0.4) is 0 Å². The van der Waals surface area contributed by atoms with E-state index in [2.05, 4.69) is 10.1 Å². The Hall–Kier alpha value is -1.24. The molecule has 0 aliphatic heterocycles. The van der Waals surface area contributed by atoms with Crippen LogP contribution in [0.25, 0.3) is 0 Å². The van der Waals surface area contributed by atoms with Crippen LogP contribution < -0.4 is 5.73 Å². The van der Waals surface area contributed by atoms with Crippen molar-refractivity contribution in [1.82, 2.24) is 10.1 Å². The first-order valence-corrected chi connectivity index (χ1v) is 7.24. The molecule has 0 unspecified atom stereocenters. The molecule has 2 heterocycles. The summed E-state index contributed by atoms with van der Waals surface area (Å²) in [7, 11) is 0. The predicted octanol–water partition coefficient (Wildman–Crippen LogP) is 2.71. The molecule has 2 N–H and O–H groups in total. The van der Waals surface area contributed by atoms with Gasteiger partial charge in [-0.3, -0.25) is 4.79 Å². The number of aryl methyl sites for hydroxylation is 1. The van der Waals surface area contributed by atoms with Gasteiger partial charge in [0.15, 0.2) is 11.6 Å². The summed E-state index contributed by atoms with van der Waals surface area (Å²) < 4.78 is 5.16. The fraction of sp³-hybridized carbons (Fsp3) is 0.462. The first kappa shape index (κ1) is 15.2. The molecule has 1 fully saturated rings. The van der Waals surface area contributed by atoms with Gasteiger partial charge in [-0.25, -0.2) is 0 Å². The molecule has 0 amide bonds. The average molecular weight is 314 g/mol. The molecule has 108 valence electrons. The number of carbonyl (C=O) groups excluding carboxylic acids is 1. The van der Waals surface area contributed by atoms with Gasteiger partial charge in [-0.2, -0.15) is 4.98 Å². The topological polar surface area (TPSA) is 82.0 Å². The first-order valence-electron chi connectivity index (χ1n) is 6.36. The van der Waals surface area contributed by atoms with Crippen molar-refractivity contribution in [2.24, 2.45) is 5.73 Å². The minimum Gasteiger partial charge on any atom is -0.339 e. The van der Waals surface area contributed by atoms with Gasteiger partial charge in [-0.1, -0.05) is 11.2 Å². The zero-order chi connectivity index (χ0) is 13.3. The van der Waals surface area contributed by atoms with Crippen LogP contribution in [0.2, 0.25) is 0 Å². The van der Waals surface area contributed by atoms with E-state index in [0.717, 1.165) is 24.1 Å². The second kappa shape index (κ2) is 6.03. The summed E-state index contributed by atoms with van der Waals surface area (Å²) in [5, 5.41) is 5.83. The summed E-state index contributed by atoms with van der Waals surface area (Å²) in [6, 6.07) is 3.70. The molecule has 5 nitrogen and oxygen atoms in total. The summed E-state index contributed by atoms with van der Waals surface area (Å²) in [6.45, 7) is 0. The normalized spacial score (nSPS) is 16.2. The molecule has 7 heteroatoms. The number of rotatable bonds is 5. The van der Waals surface area contributed by atoms with Crippen LogP contribution in [0.15, 0.2) is 22.0 Å². The molecule has 1 saturated carbocycles. The van der Waals surface area contributed by atoms with Crippen LogP contribution in [0, 0.1) is 0 Å². The van der Waals surface area contributed by atoms with Crippen LogP contribution in [0.1, 0.15) is 47.1 Å². The van der Waals surface area contributed by atoms with Gasteiger partial charge in [0.2, 0.25) is 5.89 Å². The molecule has 0 saturated heterocycles. The van der Waals surface area contributed by atoms with E-state index in [4.69, 9.17) is 10.3 Å². The van der Waals surface area contributed by atoms with Crippen molar-refractivity contribution in [2.75, 3.05) is 0 Å². The van der Waals surface area contributed by atoms with Gasteiger partial charge < -0.3 is 10.3 Å². The van der Waals surface area contributed by atoms with Crippen molar-refractivity contribution in [3.63, 3.8) is 0 Å². The Labute approximate surface area is 127 Å². The molecule has 1 aliphatic rings. The quantitative estimate of drug-likeness (QED) is 0.858. The lowest BCUT2D eigenvalue weighted by Crippen LogP contribution is -2.44. The zero-order valence-electron chi connectivity index (χ0n) is 10.9. The van der Waals surface area contributed by atoms with E-state index in [9.17, 15) is 4.79 Å². The SMILES string of the molecule is Cl.NC1(c2noc(CCC(=O)c3cccs3)n2)CCC1. The number of thiophene rings is 1. The lowest BCUT2D eigenvalue weighted by atomic mass is 9.77. The van der Waals surface area contributed by atoms with E-state index in [1.807, 2.05) is 17.5 Å². The number of nitrogens with zero attached hydrogens (tertiary/aromatic N) is 2. The molecule has 20 heavy (non-hydrogen) atoms. The largest absolute Gasteiger partial charge is 0.339 e. The smallest absolute Gasteiger partial charge is 0.227 e. The molecule has 0 atom stereocenters. The van der Waals surface area contributed by atoms with Crippen LogP contribution >= 0.6 is 23.7 Å². The third-order valence-electron chi connectivity index (χ3n) is 3.52. The maximum absolute atomic E-state index is 11.8. The Morgan fingerprint density at radius 2 is 2.30 bits per heavy atom. The van der Waals surface area contributed by atoms with Crippen molar-refractivity contribution in [3.05, 3.63) is 34.1 Å².